The lowest BCUT2D eigenvalue weighted by Gasteiger charge is -2.16. The van der Waals surface area contributed by atoms with Gasteiger partial charge in [0.25, 0.3) is 5.56 Å². The summed E-state index contributed by atoms with van der Waals surface area (Å²) in [6.45, 7) is 1.50. The zero-order valence-corrected chi connectivity index (χ0v) is 18.8. The van der Waals surface area contributed by atoms with Gasteiger partial charge >= 0.3 is 0 Å². The van der Waals surface area contributed by atoms with E-state index in [2.05, 4.69) is 20.6 Å². The second-order valence-electron chi connectivity index (χ2n) is 7.55. The van der Waals surface area contributed by atoms with E-state index in [0.717, 1.165) is 0 Å². The highest BCUT2D eigenvalue weighted by molar-refractivity contribution is 6.30. The Morgan fingerprint density at radius 1 is 1.27 bits per heavy atom. The van der Waals surface area contributed by atoms with E-state index in [1.165, 1.54) is 11.5 Å². The molecule has 2 aromatic heterocycles. The number of hydrogen-bond acceptors (Lipinski definition) is 6. The molecule has 0 saturated carbocycles. The molecule has 1 aromatic carbocycles. The van der Waals surface area contributed by atoms with Crippen LogP contribution in [0.15, 0.2) is 71.5 Å². The van der Waals surface area contributed by atoms with Crippen LogP contribution in [-0.2, 0) is 0 Å². The molecule has 168 valence electrons. The lowest BCUT2D eigenvalue weighted by molar-refractivity contribution is 0.378. The first kappa shape index (κ1) is 22.4. The highest BCUT2D eigenvalue weighted by atomic mass is 35.5. The summed E-state index contributed by atoms with van der Waals surface area (Å²) in [4.78, 5) is 22.5. The summed E-state index contributed by atoms with van der Waals surface area (Å²) in [5.41, 5.74) is 2.75. The number of allylic oxidation sites excluding steroid dienone is 5. The third-order valence-corrected chi connectivity index (χ3v) is 5.29. The van der Waals surface area contributed by atoms with Crippen LogP contribution in [0.25, 0.3) is 27.7 Å². The zero-order chi connectivity index (χ0) is 23.5. The van der Waals surface area contributed by atoms with Gasteiger partial charge in [0.1, 0.15) is 6.17 Å². The third-order valence-electron chi connectivity index (χ3n) is 5.04. The lowest BCUT2D eigenvalue weighted by Crippen LogP contribution is -2.23. The van der Waals surface area contributed by atoms with E-state index in [9.17, 15) is 9.18 Å². The molecule has 9 heteroatoms. The minimum absolute atomic E-state index is 0.0586. The molecule has 0 aliphatic heterocycles. The van der Waals surface area contributed by atoms with Crippen LogP contribution in [-0.4, -0.2) is 40.0 Å². The Bertz CT molecular complexity index is 1370. The van der Waals surface area contributed by atoms with E-state index in [-0.39, 0.29) is 18.1 Å². The van der Waals surface area contributed by atoms with Crippen molar-refractivity contribution in [2.45, 2.75) is 13.1 Å². The summed E-state index contributed by atoms with van der Waals surface area (Å²) in [5.74, 6) is 0.240. The third kappa shape index (κ3) is 4.70. The van der Waals surface area contributed by atoms with Gasteiger partial charge in [-0.3, -0.25) is 9.36 Å². The molecule has 7 nitrogen and oxygen atoms in total. The Morgan fingerprint density at radius 3 is 2.73 bits per heavy atom. The van der Waals surface area contributed by atoms with Crippen LogP contribution in [0.4, 0.5) is 10.3 Å². The number of anilines is 1. The molecule has 1 unspecified atom stereocenters. The largest absolute Gasteiger partial charge is 0.393 e. The first-order chi connectivity index (χ1) is 15.9. The molecule has 1 aliphatic carbocycles. The summed E-state index contributed by atoms with van der Waals surface area (Å²) in [7, 11) is 1.75. The predicted octanol–water partition coefficient (Wildman–Crippen LogP) is 4.42. The number of rotatable bonds is 6. The highest BCUT2D eigenvalue weighted by Crippen LogP contribution is 2.27. The van der Waals surface area contributed by atoms with Gasteiger partial charge in [0.15, 0.2) is 0 Å². The molecule has 0 radical (unpaired) electrons. The standard InChI is InChI=1S/C24H22ClFN6O/c1-14(26)10-29-24-30-12-17-13-32(19-7-8-20(27)16(9-19)11-28-2)23(33)21(22(17)31-24)15-3-5-18(25)6-4-15/h3-9,11-14,27-28H,10H2,1-2H3,(H,29,31)/b16-11-,27-20?. The Kier molecular flexibility index (Phi) is 6.37. The topological polar surface area (TPSA) is 95.7 Å². The maximum Gasteiger partial charge on any atom is 0.265 e. The summed E-state index contributed by atoms with van der Waals surface area (Å²) in [6.07, 6.45) is 9.01. The fourth-order valence-corrected chi connectivity index (χ4v) is 3.59. The molecule has 2 heterocycles. The van der Waals surface area contributed by atoms with Gasteiger partial charge in [0, 0.05) is 53.9 Å². The summed E-state index contributed by atoms with van der Waals surface area (Å²) < 4.78 is 14.8. The molecule has 0 saturated heterocycles. The number of pyridine rings is 1. The average Bonchev–Trinajstić information content (AvgIpc) is 2.80. The number of halogens is 2. The molecule has 1 atom stereocenters. The predicted molar refractivity (Wildman–Crippen MR) is 132 cm³/mol. The molecule has 0 amide bonds. The van der Waals surface area contributed by atoms with E-state index in [4.69, 9.17) is 17.0 Å². The normalized spacial score (nSPS) is 15.6. The van der Waals surface area contributed by atoms with Crippen molar-refractivity contribution in [3.05, 3.63) is 82.0 Å². The lowest BCUT2D eigenvalue weighted by atomic mass is 10.0. The number of aromatic nitrogens is 3. The van der Waals surface area contributed by atoms with Gasteiger partial charge in [0.2, 0.25) is 5.95 Å². The van der Waals surface area contributed by atoms with Crippen molar-refractivity contribution in [3.8, 4) is 11.1 Å². The van der Waals surface area contributed by atoms with E-state index in [0.29, 0.717) is 44.0 Å². The van der Waals surface area contributed by atoms with E-state index < -0.39 is 6.17 Å². The van der Waals surface area contributed by atoms with Crippen molar-refractivity contribution in [2.75, 3.05) is 18.9 Å². The van der Waals surface area contributed by atoms with Crippen molar-refractivity contribution >= 4 is 39.9 Å². The fourth-order valence-electron chi connectivity index (χ4n) is 3.47. The Balaban J connectivity index is 1.95. The van der Waals surface area contributed by atoms with Crippen molar-refractivity contribution in [1.29, 1.82) is 5.41 Å². The van der Waals surface area contributed by atoms with Gasteiger partial charge < -0.3 is 16.0 Å². The van der Waals surface area contributed by atoms with Crippen molar-refractivity contribution in [1.82, 2.24) is 19.9 Å². The van der Waals surface area contributed by atoms with Crippen LogP contribution in [0.3, 0.4) is 0 Å². The quantitative estimate of drug-likeness (QED) is 0.502. The average molecular weight is 465 g/mol. The van der Waals surface area contributed by atoms with Gasteiger partial charge in [-0.2, -0.15) is 0 Å². The molecule has 0 bridgehead atoms. The minimum Gasteiger partial charge on any atom is -0.393 e. The highest BCUT2D eigenvalue weighted by Gasteiger charge is 2.18. The van der Waals surface area contributed by atoms with Gasteiger partial charge in [-0.05, 0) is 42.8 Å². The number of alkyl halides is 1. The van der Waals surface area contributed by atoms with Gasteiger partial charge in [-0.15, -0.1) is 0 Å². The van der Waals surface area contributed by atoms with Crippen LogP contribution >= 0.6 is 11.6 Å². The molecule has 3 aromatic rings. The maximum absolute atomic E-state index is 13.7. The van der Waals surface area contributed by atoms with Crippen LogP contribution in [0.2, 0.25) is 5.02 Å². The van der Waals surface area contributed by atoms with E-state index in [1.54, 1.807) is 68.1 Å². The Labute approximate surface area is 194 Å². The SMILES string of the molecule is CN/C=C1/C=C(n2cc3cnc(NCC(C)F)nc3c(-c3ccc(Cl)cc3)c2=O)C=CC1=N. The maximum atomic E-state index is 13.7. The van der Waals surface area contributed by atoms with Gasteiger partial charge in [-0.25, -0.2) is 14.4 Å². The Morgan fingerprint density at radius 2 is 2.03 bits per heavy atom. The zero-order valence-electron chi connectivity index (χ0n) is 18.1. The second-order valence-corrected chi connectivity index (χ2v) is 7.99. The molecular formula is C24H22ClFN6O. The molecule has 0 spiro atoms. The number of fused-ring (bicyclic) bond motifs is 1. The minimum atomic E-state index is -1.07. The van der Waals surface area contributed by atoms with Crippen LogP contribution < -0.4 is 16.2 Å². The number of benzene rings is 1. The fraction of sp³-hybridized carbons (Fsp3) is 0.167. The molecule has 4 rings (SSSR count). The van der Waals surface area contributed by atoms with Crippen LogP contribution in [0, 0.1) is 5.41 Å². The number of nitrogens with one attached hydrogen (secondary N) is 3. The van der Waals surface area contributed by atoms with Gasteiger partial charge in [0.05, 0.1) is 16.8 Å². The van der Waals surface area contributed by atoms with Crippen molar-refractivity contribution in [2.24, 2.45) is 0 Å². The number of nitrogens with zero attached hydrogens (tertiary/aromatic N) is 3. The molecular weight excluding hydrogens is 443 g/mol. The summed E-state index contributed by atoms with van der Waals surface area (Å²) in [5, 5.41) is 15.0. The molecule has 0 fully saturated rings. The van der Waals surface area contributed by atoms with Gasteiger partial charge in [-0.1, -0.05) is 23.7 Å². The first-order valence-corrected chi connectivity index (χ1v) is 10.7. The monoisotopic (exact) mass is 464 g/mol. The van der Waals surface area contributed by atoms with Crippen LogP contribution in [0.1, 0.15) is 6.92 Å². The van der Waals surface area contributed by atoms with Crippen LogP contribution in [0.5, 0.6) is 0 Å². The smallest absolute Gasteiger partial charge is 0.265 e. The van der Waals surface area contributed by atoms with Crippen molar-refractivity contribution < 1.29 is 4.39 Å². The van der Waals surface area contributed by atoms with Crippen molar-refractivity contribution in [3.63, 3.8) is 0 Å². The van der Waals surface area contributed by atoms with E-state index >= 15 is 0 Å². The van der Waals surface area contributed by atoms with E-state index in [1.807, 2.05) is 0 Å². The molecule has 33 heavy (non-hydrogen) atoms. The summed E-state index contributed by atoms with van der Waals surface area (Å²) >= 11 is 6.06. The summed E-state index contributed by atoms with van der Waals surface area (Å²) in [6, 6.07) is 6.93. The Hall–Kier alpha value is -3.78. The molecule has 3 N–H and O–H groups in total. The number of hydrogen-bond donors (Lipinski definition) is 3. The first-order valence-electron chi connectivity index (χ1n) is 10.3. The second kappa shape index (κ2) is 9.38. The molecule has 1 aliphatic rings.